The Hall–Kier alpha value is -2.78. The summed E-state index contributed by atoms with van der Waals surface area (Å²) in [5.74, 6) is 2.86. The van der Waals surface area contributed by atoms with Crippen LogP contribution >= 0.6 is 0 Å². The van der Waals surface area contributed by atoms with E-state index in [0.29, 0.717) is 0 Å². The number of terminal acetylenes is 1. The quantitative estimate of drug-likeness (QED) is 0.355. The molecule has 3 rings (SSSR count). The highest BCUT2D eigenvalue weighted by Crippen LogP contribution is 2.25. The maximum Gasteiger partial charge on any atom is 0.0248 e. The summed E-state index contributed by atoms with van der Waals surface area (Å²) in [6.07, 6.45) is 9.87. The third kappa shape index (κ3) is 6.61. The average molecular weight is 423 g/mol. The van der Waals surface area contributed by atoms with Crippen molar-refractivity contribution in [2.45, 2.75) is 78.1 Å². The standard InChI is InChI=1S/C32H38/c1-8-24-19-27(17-15-25-11-9-13-29(22-25)31(2,3)4)21-28(20-24)18-16-26-12-10-14-30(23-26)32(5,6)7/h1,9-14,19-23H,15-18H2,2-7H3. The van der Waals surface area contributed by atoms with Gasteiger partial charge in [0.15, 0.2) is 0 Å². The van der Waals surface area contributed by atoms with Gasteiger partial charge in [-0.05, 0) is 82.0 Å². The molecule has 0 aliphatic rings. The Morgan fingerprint density at radius 3 is 1.34 bits per heavy atom. The van der Waals surface area contributed by atoms with Crippen molar-refractivity contribution in [3.63, 3.8) is 0 Å². The van der Waals surface area contributed by atoms with Gasteiger partial charge in [0, 0.05) is 5.56 Å². The molecule has 0 saturated heterocycles. The van der Waals surface area contributed by atoms with Crippen LogP contribution in [0.5, 0.6) is 0 Å². The number of benzene rings is 3. The van der Waals surface area contributed by atoms with Crippen molar-refractivity contribution in [1.29, 1.82) is 0 Å². The van der Waals surface area contributed by atoms with Gasteiger partial charge >= 0.3 is 0 Å². The lowest BCUT2D eigenvalue weighted by Gasteiger charge is -2.20. The Morgan fingerprint density at radius 1 is 0.562 bits per heavy atom. The first-order valence-electron chi connectivity index (χ1n) is 11.8. The Morgan fingerprint density at radius 2 is 0.969 bits per heavy atom. The number of aryl methyl sites for hydroxylation is 4. The number of rotatable bonds is 6. The zero-order chi connectivity index (χ0) is 23.4. The lowest BCUT2D eigenvalue weighted by molar-refractivity contribution is 0.589. The van der Waals surface area contributed by atoms with Crippen molar-refractivity contribution >= 4 is 0 Å². The van der Waals surface area contributed by atoms with Gasteiger partial charge in [-0.2, -0.15) is 0 Å². The predicted octanol–water partition coefficient (Wildman–Crippen LogP) is 7.83. The van der Waals surface area contributed by atoms with Gasteiger partial charge in [0.05, 0.1) is 0 Å². The maximum atomic E-state index is 5.79. The van der Waals surface area contributed by atoms with Crippen LogP contribution in [0.2, 0.25) is 0 Å². The molecule has 0 heterocycles. The fourth-order valence-corrected chi connectivity index (χ4v) is 4.10. The molecular formula is C32H38. The number of hydrogen-bond acceptors (Lipinski definition) is 0. The van der Waals surface area contributed by atoms with Crippen LogP contribution in [0.3, 0.4) is 0 Å². The van der Waals surface area contributed by atoms with Gasteiger partial charge in [-0.1, -0.05) is 102 Å². The molecule has 0 bridgehead atoms. The lowest BCUT2D eigenvalue weighted by atomic mass is 9.85. The van der Waals surface area contributed by atoms with Crippen LogP contribution in [-0.4, -0.2) is 0 Å². The molecule has 0 nitrogen and oxygen atoms in total. The van der Waals surface area contributed by atoms with Gasteiger partial charge in [0.1, 0.15) is 0 Å². The summed E-state index contributed by atoms with van der Waals surface area (Å²) >= 11 is 0. The van der Waals surface area contributed by atoms with Crippen LogP contribution in [0.15, 0.2) is 66.7 Å². The van der Waals surface area contributed by atoms with Crippen LogP contribution in [0, 0.1) is 12.3 Å². The molecule has 0 spiro atoms. The summed E-state index contributed by atoms with van der Waals surface area (Å²) in [6.45, 7) is 13.6. The van der Waals surface area contributed by atoms with Crippen molar-refractivity contribution in [3.8, 4) is 12.3 Å². The minimum absolute atomic E-state index is 0.177. The van der Waals surface area contributed by atoms with Crippen LogP contribution in [0.25, 0.3) is 0 Å². The highest BCUT2D eigenvalue weighted by molar-refractivity contribution is 5.40. The van der Waals surface area contributed by atoms with Crippen molar-refractivity contribution in [2.24, 2.45) is 0 Å². The Labute approximate surface area is 196 Å². The van der Waals surface area contributed by atoms with E-state index >= 15 is 0 Å². The van der Waals surface area contributed by atoms with Gasteiger partial charge in [0.25, 0.3) is 0 Å². The Bertz CT molecular complexity index is 1010. The molecule has 0 amide bonds. The first-order valence-corrected chi connectivity index (χ1v) is 11.8. The van der Waals surface area contributed by atoms with Gasteiger partial charge in [-0.15, -0.1) is 6.42 Å². The Balaban J connectivity index is 1.72. The van der Waals surface area contributed by atoms with E-state index < -0.39 is 0 Å². The second kappa shape index (κ2) is 9.79. The summed E-state index contributed by atoms with van der Waals surface area (Å²) in [5.41, 5.74) is 9.59. The smallest absolute Gasteiger partial charge is 0.0248 e. The van der Waals surface area contributed by atoms with Crippen LogP contribution in [-0.2, 0) is 36.5 Å². The molecule has 0 unspecified atom stereocenters. The van der Waals surface area contributed by atoms with Crippen LogP contribution < -0.4 is 0 Å². The molecule has 3 aromatic rings. The second-order valence-corrected chi connectivity index (χ2v) is 11.1. The fraction of sp³-hybridized carbons (Fsp3) is 0.375. The molecule has 166 valence electrons. The third-order valence-corrected chi connectivity index (χ3v) is 6.21. The molecule has 0 aliphatic carbocycles. The Kier molecular flexibility index (Phi) is 7.30. The average Bonchev–Trinajstić information content (AvgIpc) is 2.75. The molecule has 0 N–H and O–H groups in total. The van der Waals surface area contributed by atoms with Gasteiger partial charge in [-0.25, -0.2) is 0 Å². The van der Waals surface area contributed by atoms with Crippen LogP contribution in [0.4, 0.5) is 0 Å². The maximum absolute atomic E-state index is 5.79. The topological polar surface area (TPSA) is 0 Å². The summed E-state index contributed by atoms with van der Waals surface area (Å²) < 4.78 is 0. The normalized spacial score (nSPS) is 11.9. The second-order valence-electron chi connectivity index (χ2n) is 11.1. The molecule has 0 heteroatoms. The molecule has 0 aliphatic heterocycles. The zero-order valence-corrected chi connectivity index (χ0v) is 20.8. The minimum atomic E-state index is 0.177. The summed E-state index contributed by atoms with van der Waals surface area (Å²) in [5, 5.41) is 0. The SMILES string of the molecule is C#Cc1cc(CCc2cccc(C(C)(C)C)c2)cc(CCc2cccc(C(C)(C)C)c2)c1. The van der Waals surface area contributed by atoms with E-state index in [9.17, 15) is 0 Å². The van der Waals surface area contributed by atoms with Crippen molar-refractivity contribution < 1.29 is 0 Å². The van der Waals surface area contributed by atoms with Crippen LogP contribution in [0.1, 0.15) is 80.5 Å². The van der Waals surface area contributed by atoms with E-state index in [0.717, 1.165) is 31.2 Å². The van der Waals surface area contributed by atoms with Gasteiger partial charge in [-0.3, -0.25) is 0 Å². The van der Waals surface area contributed by atoms with Crippen molar-refractivity contribution in [2.75, 3.05) is 0 Å². The molecule has 32 heavy (non-hydrogen) atoms. The number of hydrogen-bond donors (Lipinski definition) is 0. The first-order chi connectivity index (χ1) is 15.0. The summed E-state index contributed by atoms with van der Waals surface area (Å²) in [4.78, 5) is 0. The highest BCUT2D eigenvalue weighted by atomic mass is 14.2. The van der Waals surface area contributed by atoms with Crippen molar-refractivity contribution in [3.05, 3.63) is 106 Å². The van der Waals surface area contributed by atoms with Crippen molar-refractivity contribution in [1.82, 2.24) is 0 Å². The van der Waals surface area contributed by atoms with E-state index in [1.54, 1.807) is 0 Å². The predicted molar refractivity (Wildman–Crippen MR) is 139 cm³/mol. The summed E-state index contributed by atoms with van der Waals surface area (Å²) in [6, 6.07) is 24.7. The van der Waals surface area contributed by atoms with Gasteiger partial charge in [0.2, 0.25) is 0 Å². The molecule has 0 saturated carbocycles. The first kappa shape index (κ1) is 23.9. The van der Waals surface area contributed by atoms with E-state index in [1.807, 2.05) is 0 Å². The van der Waals surface area contributed by atoms with E-state index in [4.69, 9.17) is 6.42 Å². The minimum Gasteiger partial charge on any atom is -0.115 e. The third-order valence-electron chi connectivity index (χ3n) is 6.21. The molecule has 0 aromatic heterocycles. The largest absolute Gasteiger partial charge is 0.115 e. The van der Waals surface area contributed by atoms with Gasteiger partial charge < -0.3 is 0 Å². The monoisotopic (exact) mass is 422 g/mol. The summed E-state index contributed by atoms with van der Waals surface area (Å²) in [7, 11) is 0. The molecular weight excluding hydrogens is 384 g/mol. The molecule has 0 atom stereocenters. The zero-order valence-electron chi connectivity index (χ0n) is 20.8. The highest BCUT2D eigenvalue weighted by Gasteiger charge is 2.14. The van der Waals surface area contributed by atoms with E-state index in [2.05, 4.69) is 114 Å². The lowest BCUT2D eigenvalue weighted by Crippen LogP contribution is -2.11. The fourth-order valence-electron chi connectivity index (χ4n) is 4.10. The molecule has 3 aromatic carbocycles. The molecule has 0 fully saturated rings. The van der Waals surface area contributed by atoms with E-state index in [1.165, 1.54) is 33.4 Å². The van der Waals surface area contributed by atoms with E-state index in [-0.39, 0.29) is 10.8 Å². The molecule has 0 radical (unpaired) electrons.